The third-order valence-corrected chi connectivity index (χ3v) is 6.34. The van der Waals surface area contributed by atoms with Crippen molar-refractivity contribution in [1.29, 1.82) is 0 Å². The lowest BCUT2D eigenvalue weighted by atomic mass is 9.98. The molecule has 2 aromatic heterocycles. The van der Waals surface area contributed by atoms with Gasteiger partial charge in [-0.15, -0.1) is 0 Å². The third kappa shape index (κ3) is 2.60. The Morgan fingerprint density at radius 1 is 1.39 bits per heavy atom. The fraction of sp³-hybridized carbons (Fsp3) is 0.526. The lowest BCUT2D eigenvalue weighted by molar-refractivity contribution is 0.0694. The number of carboxylic acids is 1. The van der Waals surface area contributed by atoms with Gasteiger partial charge in [-0.1, -0.05) is 0 Å². The molecule has 3 heterocycles. The van der Waals surface area contributed by atoms with Gasteiger partial charge in [0.25, 0.3) is 0 Å². The number of nitrogens with zero attached hydrogens (tertiary/aromatic N) is 3. The zero-order valence-electron chi connectivity index (χ0n) is 15.1. The smallest absolute Gasteiger partial charge is 0.341 e. The number of hydrogen-bond donors (Lipinski definition) is 2. The number of carboxylic acid groups (broad SMARTS) is 1. The highest BCUT2D eigenvalue weighted by Crippen LogP contribution is 2.45. The Bertz CT molecular complexity index is 1070. The highest BCUT2D eigenvalue weighted by molar-refractivity contribution is 5.92. The van der Waals surface area contributed by atoms with E-state index in [1.165, 1.54) is 4.57 Å². The number of halogens is 2. The van der Waals surface area contributed by atoms with Crippen LogP contribution in [0.15, 0.2) is 17.1 Å². The van der Waals surface area contributed by atoms with Gasteiger partial charge in [-0.05, 0) is 31.2 Å². The maximum Gasteiger partial charge on any atom is 0.341 e. The van der Waals surface area contributed by atoms with Crippen LogP contribution in [0, 0.1) is 11.7 Å². The first kappa shape index (κ1) is 17.5. The number of fused-ring (bicyclic) bond motifs is 1. The highest BCUT2D eigenvalue weighted by Gasteiger charge is 2.48. The number of nitrogens with two attached hydrogens (primary N) is 1. The molecule has 3 N–H and O–H groups in total. The first-order valence-corrected chi connectivity index (χ1v) is 9.45. The molecule has 0 radical (unpaired) electrons. The molecule has 0 unspecified atom stereocenters. The molecule has 0 bridgehead atoms. The molecule has 5 rings (SSSR count). The first-order chi connectivity index (χ1) is 13.3. The maximum atomic E-state index is 14.8. The number of rotatable bonds is 4. The summed E-state index contributed by atoms with van der Waals surface area (Å²) in [6.07, 6.45) is 2.98. The lowest BCUT2D eigenvalue weighted by Crippen LogP contribution is -2.35. The number of pyridine rings is 2. The molecule has 1 aliphatic heterocycles. The van der Waals surface area contributed by atoms with E-state index in [1.54, 1.807) is 0 Å². The van der Waals surface area contributed by atoms with Crippen LogP contribution in [0.2, 0.25) is 0 Å². The molecule has 2 aromatic rings. The average Bonchev–Trinajstić information content (AvgIpc) is 3.51. The number of carbonyl (C=O) groups is 1. The monoisotopic (exact) mass is 390 g/mol. The van der Waals surface area contributed by atoms with Gasteiger partial charge in [-0.3, -0.25) is 4.79 Å². The molecule has 3 aliphatic rings. The van der Waals surface area contributed by atoms with E-state index in [0.29, 0.717) is 13.1 Å². The van der Waals surface area contributed by atoms with Crippen LogP contribution in [0.3, 0.4) is 0 Å². The molecule has 1 saturated heterocycles. The molecule has 3 fully saturated rings. The van der Waals surface area contributed by atoms with E-state index in [-0.39, 0.29) is 34.7 Å². The molecule has 7 nitrogen and oxygen atoms in total. The van der Waals surface area contributed by atoms with Crippen molar-refractivity contribution >= 4 is 22.8 Å². The third-order valence-electron chi connectivity index (χ3n) is 6.34. The molecule has 148 valence electrons. The molecular weight excluding hydrogens is 370 g/mol. The van der Waals surface area contributed by atoms with Crippen LogP contribution in [-0.4, -0.2) is 45.4 Å². The van der Waals surface area contributed by atoms with Crippen molar-refractivity contribution in [3.8, 4) is 0 Å². The van der Waals surface area contributed by atoms with Gasteiger partial charge in [0.2, 0.25) is 5.43 Å². The van der Waals surface area contributed by atoms with Crippen LogP contribution in [0.4, 0.5) is 14.6 Å². The number of hydrogen-bond acceptors (Lipinski definition) is 5. The van der Waals surface area contributed by atoms with Crippen LogP contribution in [0.25, 0.3) is 11.0 Å². The van der Waals surface area contributed by atoms with Crippen molar-refractivity contribution in [3.05, 3.63) is 33.9 Å². The molecule has 2 aliphatic carbocycles. The lowest BCUT2D eigenvalue weighted by Gasteiger charge is -2.22. The maximum absolute atomic E-state index is 14.8. The second kappa shape index (κ2) is 5.73. The fourth-order valence-corrected chi connectivity index (χ4v) is 4.28. The Morgan fingerprint density at radius 3 is 2.71 bits per heavy atom. The topological polar surface area (TPSA) is 101 Å². The first-order valence-electron chi connectivity index (χ1n) is 9.45. The minimum absolute atomic E-state index is 0.103. The Labute approximate surface area is 158 Å². The van der Waals surface area contributed by atoms with Gasteiger partial charge in [0, 0.05) is 31.2 Å². The summed E-state index contributed by atoms with van der Waals surface area (Å²) in [5, 5.41) is 9.14. The second-order valence-electron chi connectivity index (χ2n) is 8.23. The Hall–Kier alpha value is -2.55. The number of aromatic carboxylic acids is 1. The average molecular weight is 390 g/mol. The standard InChI is InChI=1S/C19H20F2N4O3/c20-12-6-14(12)25-8-11(18(27)28)15(26)10-5-13(21)17(23-16(10)25)24-4-1-9(7-24)19(22)2-3-19/h5,8-9,12,14H,1-4,6-7,22H2,(H,27,28)/t9-,12+,14-/m1/s1. The minimum atomic E-state index is -1.43. The largest absolute Gasteiger partial charge is 0.477 e. The van der Waals surface area contributed by atoms with Crippen LogP contribution in [-0.2, 0) is 0 Å². The van der Waals surface area contributed by atoms with Crippen molar-refractivity contribution in [2.75, 3.05) is 18.0 Å². The number of alkyl halides is 1. The summed E-state index contributed by atoms with van der Waals surface area (Å²) in [6, 6.07) is 0.443. The van der Waals surface area contributed by atoms with E-state index >= 15 is 0 Å². The summed E-state index contributed by atoms with van der Waals surface area (Å²) in [4.78, 5) is 30.1. The molecule has 2 saturated carbocycles. The highest BCUT2D eigenvalue weighted by atomic mass is 19.1. The van der Waals surface area contributed by atoms with E-state index in [1.807, 2.05) is 4.90 Å². The van der Waals surface area contributed by atoms with Crippen molar-refractivity contribution in [2.45, 2.75) is 43.4 Å². The van der Waals surface area contributed by atoms with Crippen LogP contribution in [0.5, 0.6) is 0 Å². The zero-order valence-corrected chi connectivity index (χ0v) is 15.1. The van der Waals surface area contributed by atoms with E-state index in [0.717, 1.165) is 31.5 Å². The van der Waals surface area contributed by atoms with Crippen LogP contribution < -0.4 is 16.1 Å². The predicted octanol–water partition coefficient (Wildman–Crippen LogP) is 1.83. The van der Waals surface area contributed by atoms with Gasteiger partial charge in [-0.2, -0.15) is 0 Å². The normalized spacial score (nSPS) is 28.0. The summed E-state index contributed by atoms with van der Waals surface area (Å²) in [6.45, 7) is 1.18. The number of aromatic nitrogens is 2. The Morgan fingerprint density at radius 2 is 2.11 bits per heavy atom. The van der Waals surface area contributed by atoms with E-state index < -0.39 is 35.0 Å². The summed E-state index contributed by atoms with van der Waals surface area (Å²) >= 11 is 0. The van der Waals surface area contributed by atoms with Crippen molar-refractivity contribution < 1.29 is 18.7 Å². The summed E-state index contributed by atoms with van der Waals surface area (Å²) < 4.78 is 29.9. The molecule has 28 heavy (non-hydrogen) atoms. The second-order valence-corrected chi connectivity index (χ2v) is 8.23. The zero-order chi connectivity index (χ0) is 19.8. The quantitative estimate of drug-likeness (QED) is 0.826. The van der Waals surface area contributed by atoms with Crippen molar-refractivity contribution in [3.63, 3.8) is 0 Å². The number of anilines is 1. The summed E-state index contributed by atoms with van der Waals surface area (Å²) in [5.41, 5.74) is 4.91. The van der Waals surface area contributed by atoms with Gasteiger partial charge in [-0.25, -0.2) is 18.6 Å². The molecule has 0 amide bonds. The van der Waals surface area contributed by atoms with Crippen molar-refractivity contribution in [1.82, 2.24) is 9.55 Å². The Balaban J connectivity index is 1.62. The van der Waals surface area contributed by atoms with E-state index in [2.05, 4.69) is 4.98 Å². The van der Waals surface area contributed by atoms with Crippen LogP contribution >= 0.6 is 0 Å². The molecule has 0 spiro atoms. The van der Waals surface area contributed by atoms with Gasteiger partial charge in [0.15, 0.2) is 11.6 Å². The molecular formula is C19H20F2N4O3. The van der Waals surface area contributed by atoms with Gasteiger partial charge in [0.1, 0.15) is 17.4 Å². The fourth-order valence-electron chi connectivity index (χ4n) is 4.28. The molecule has 0 aromatic carbocycles. The summed E-state index contributed by atoms with van der Waals surface area (Å²) in [7, 11) is 0. The summed E-state index contributed by atoms with van der Waals surface area (Å²) in [5.74, 6) is -1.75. The van der Waals surface area contributed by atoms with Crippen molar-refractivity contribution in [2.24, 2.45) is 11.7 Å². The van der Waals surface area contributed by atoms with Gasteiger partial charge < -0.3 is 20.3 Å². The van der Waals surface area contributed by atoms with E-state index in [9.17, 15) is 23.5 Å². The molecule has 3 atom stereocenters. The minimum Gasteiger partial charge on any atom is -0.477 e. The van der Waals surface area contributed by atoms with Gasteiger partial charge >= 0.3 is 5.97 Å². The van der Waals surface area contributed by atoms with Gasteiger partial charge in [0.05, 0.1) is 11.4 Å². The predicted molar refractivity (Wildman–Crippen MR) is 97.9 cm³/mol. The SMILES string of the molecule is NC1([C@@H]2CCN(c3nc4c(cc3F)c(=O)c(C(=O)O)cn4[C@@H]3C[C@@H]3F)C2)CC1. The van der Waals surface area contributed by atoms with Crippen LogP contribution in [0.1, 0.15) is 42.1 Å². The van der Waals surface area contributed by atoms with E-state index in [4.69, 9.17) is 5.73 Å². The molecule has 9 heteroatoms. The Kier molecular flexibility index (Phi) is 3.59.